The number of H-pyrrole nitrogens is 1. The van der Waals surface area contributed by atoms with E-state index in [0.717, 1.165) is 53.9 Å². The van der Waals surface area contributed by atoms with Crippen LogP contribution in [0.15, 0.2) is 4.79 Å². The number of fused-ring (bicyclic) bond motifs is 3. The minimum absolute atomic E-state index is 0.00102. The molecule has 1 amide bonds. The highest BCUT2D eigenvalue weighted by atomic mass is 32.2. The fourth-order valence-electron chi connectivity index (χ4n) is 4.17. The van der Waals surface area contributed by atoms with E-state index in [-0.39, 0.29) is 11.5 Å². The van der Waals surface area contributed by atoms with Gasteiger partial charge in [0.05, 0.1) is 11.1 Å². The van der Waals surface area contributed by atoms with Crippen molar-refractivity contribution >= 4 is 39.2 Å². The van der Waals surface area contributed by atoms with Crippen LogP contribution in [0.5, 0.6) is 0 Å². The molecule has 0 atom stereocenters. The summed E-state index contributed by atoms with van der Waals surface area (Å²) in [6.45, 7) is 0. The molecule has 0 aliphatic heterocycles. The van der Waals surface area contributed by atoms with Crippen LogP contribution >= 0.6 is 23.1 Å². The third-order valence-corrected chi connectivity index (χ3v) is 7.71. The first kappa shape index (κ1) is 19.0. The molecule has 1 saturated carbocycles. The maximum Gasteiger partial charge on any atom is 0.259 e. The van der Waals surface area contributed by atoms with Gasteiger partial charge < -0.3 is 10.3 Å². The number of amides is 1. The van der Waals surface area contributed by atoms with Gasteiger partial charge in [0.2, 0.25) is 5.91 Å². The minimum atomic E-state index is 0.00102. The molecule has 0 aromatic carbocycles. The summed E-state index contributed by atoms with van der Waals surface area (Å²) in [5, 5.41) is 4.00. The molecule has 27 heavy (non-hydrogen) atoms. The van der Waals surface area contributed by atoms with E-state index < -0.39 is 0 Å². The zero-order valence-corrected chi connectivity index (χ0v) is 17.3. The Labute approximate surface area is 167 Å². The zero-order valence-electron chi connectivity index (χ0n) is 15.6. The smallest absolute Gasteiger partial charge is 0.259 e. The van der Waals surface area contributed by atoms with Gasteiger partial charge in [-0.15, -0.1) is 11.3 Å². The first-order valence-corrected chi connectivity index (χ1v) is 12.1. The summed E-state index contributed by atoms with van der Waals surface area (Å²) in [6.07, 6.45) is 11.1. The van der Waals surface area contributed by atoms with Crippen LogP contribution in [0.4, 0.5) is 0 Å². The molecule has 2 N–H and O–H groups in total. The molecule has 0 spiro atoms. The molecular formula is C20H27N3O2S2. The maximum atomic E-state index is 12.4. The summed E-state index contributed by atoms with van der Waals surface area (Å²) in [5.41, 5.74) is 1.22. The Hall–Kier alpha value is -1.34. The molecule has 2 heterocycles. The average molecular weight is 406 g/mol. The fraction of sp³-hybridized carbons (Fsp3) is 0.650. The van der Waals surface area contributed by atoms with E-state index in [0.29, 0.717) is 18.2 Å². The quantitative estimate of drug-likeness (QED) is 0.564. The molecule has 0 bridgehead atoms. The molecule has 0 radical (unpaired) electrons. The summed E-state index contributed by atoms with van der Waals surface area (Å²) in [4.78, 5) is 34.4. The topological polar surface area (TPSA) is 74.8 Å². The fourth-order valence-corrected chi connectivity index (χ4v) is 6.26. The van der Waals surface area contributed by atoms with Gasteiger partial charge in [0.25, 0.3) is 5.56 Å². The largest absolute Gasteiger partial charge is 0.353 e. The normalized spacial score (nSPS) is 17.8. The number of aryl methyl sites for hydroxylation is 2. The van der Waals surface area contributed by atoms with Crippen molar-refractivity contribution in [1.82, 2.24) is 15.3 Å². The Morgan fingerprint density at radius 2 is 2.00 bits per heavy atom. The summed E-state index contributed by atoms with van der Waals surface area (Å²) >= 11 is 3.34. The number of carbonyl (C=O) groups is 1. The number of carbonyl (C=O) groups excluding carboxylic acids is 1. The van der Waals surface area contributed by atoms with Crippen molar-refractivity contribution in [2.75, 3.05) is 5.75 Å². The molecule has 2 aromatic heterocycles. The summed E-state index contributed by atoms with van der Waals surface area (Å²) in [7, 11) is 0. The van der Waals surface area contributed by atoms with Crippen molar-refractivity contribution in [3.05, 3.63) is 26.6 Å². The molecule has 1 fully saturated rings. The Morgan fingerprint density at radius 1 is 1.19 bits per heavy atom. The number of rotatable bonds is 6. The predicted octanol–water partition coefficient (Wildman–Crippen LogP) is 3.94. The molecule has 2 aliphatic rings. The Bertz CT molecular complexity index is 866. The van der Waals surface area contributed by atoms with Gasteiger partial charge in [-0.25, -0.2) is 4.98 Å². The Morgan fingerprint density at radius 3 is 2.81 bits per heavy atom. The van der Waals surface area contributed by atoms with Crippen molar-refractivity contribution in [3.63, 3.8) is 0 Å². The van der Waals surface area contributed by atoms with E-state index >= 15 is 0 Å². The van der Waals surface area contributed by atoms with Crippen molar-refractivity contribution in [2.45, 2.75) is 76.0 Å². The summed E-state index contributed by atoms with van der Waals surface area (Å²) < 4.78 is 0. The molecule has 146 valence electrons. The highest BCUT2D eigenvalue weighted by Gasteiger charge is 2.21. The lowest BCUT2D eigenvalue weighted by Gasteiger charge is -2.16. The molecule has 0 unspecified atom stereocenters. The van der Waals surface area contributed by atoms with Gasteiger partial charge in [-0.05, 0) is 37.7 Å². The van der Waals surface area contributed by atoms with E-state index in [1.807, 2.05) is 0 Å². The Kier molecular flexibility index (Phi) is 6.18. The monoisotopic (exact) mass is 405 g/mol. The first-order chi connectivity index (χ1) is 13.2. The van der Waals surface area contributed by atoms with Crippen LogP contribution in [0, 0.1) is 0 Å². The standard InChI is InChI=1S/C20H27N3O2S2/c24-17(21-13-6-3-1-2-4-7-13)10-11-26-12-16-22-19(25)18-14-8-5-9-15(14)27-20(18)23-16/h13H,1-12H2,(H,21,24)(H,22,23,25). The number of nitrogens with one attached hydrogen (secondary N) is 2. The van der Waals surface area contributed by atoms with Crippen molar-refractivity contribution in [3.8, 4) is 0 Å². The second-order valence-corrected chi connectivity index (χ2v) is 9.80. The van der Waals surface area contributed by atoms with Crippen LogP contribution in [-0.2, 0) is 23.4 Å². The molecule has 2 aromatic rings. The number of thiophene rings is 1. The summed E-state index contributed by atoms with van der Waals surface area (Å²) in [6, 6.07) is 0.367. The van der Waals surface area contributed by atoms with Gasteiger partial charge in [-0.2, -0.15) is 11.8 Å². The van der Waals surface area contributed by atoms with Crippen LogP contribution in [-0.4, -0.2) is 27.7 Å². The lowest BCUT2D eigenvalue weighted by Crippen LogP contribution is -2.34. The lowest BCUT2D eigenvalue weighted by atomic mass is 10.1. The van der Waals surface area contributed by atoms with Crippen LogP contribution in [0.1, 0.15) is 67.6 Å². The second kappa shape index (κ2) is 8.78. The van der Waals surface area contributed by atoms with E-state index in [1.165, 1.54) is 36.1 Å². The van der Waals surface area contributed by atoms with Gasteiger partial charge in [0.15, 0.2) is 0 Å². The number of aromatic nitrogens is 2. The van der Waals surface area contributed by atoms with Gasteiger partial charge >= 0.3 is 0 Å². The van der Waals surface area contributed by atoms with E-state index in [1.54, 1.807) is 23.1 Å². The molecule has 0 saturated heterocycles. The minimum Gasteiger partial charge on any atom is -0.353 e. The third kappa shape index (κ3) is 4.57. The number of hydrogen-bond acceptors (Lipinski definition) is 5. The molecule has 4 rings (SSSR count). The number of thioether (sulfide) groups is 1. The van der Waals surface area contributed by atoms with Gasteiger partial charge in [-0.1, -0.05) is 25.7 Å². The number of hydrogen-bond donors (Lipinski definition) is 2. The van der Waals surface area contributed by atoms with Crippen molar-refractivity contribution in [2.24, 2.45) is 0 Å². The maximum absolute atomic E-state index is 12.4. The van der Waals surface area contributed by atoms with Gasteiger partial charge in [0.1, 0.15) is 10.7 Å². The highest BCUT2D eigenvalue weighted by molar-refractivity contribution is 7.98. The van der Waals surface area contributed by atoms with Crippen LogP contribution in [0.25, 0.3) is 10.2 Å². The van der Waals surface area contributed by atoms with E-state index in [4.69, 9.17) is 0 Å². The second-order valence-electron chi connectivity index (χ2n) is 7.61. The SMILES string of the molecule is O=C(CCSCc1nc2sc3c(c2c(=O)[nH]1)CCC3)NC1CCCCCC1. The number of nitrogens with zero attached hydrogens (tertiary/aromatic N) is 1. The van der Waals surface area contributed by atoms with Crippen LogP contribution in [0.2, 0.25) is 0 Å². The van der Waals surface area contributed by atoms with Crippen LogP contribution in [0.3, 0.4) is 0 Å². The zero-order chi connectivity index (χ0) is 18.6. The average Bonchev–Trinajstić information content (AvgIpc) is 3.12. The number of aromatic amines is 1. The first-order valence-electron chi connectivity index (χ1n) is 10.1. The molecule has 7 heteroatoms. The van der Waals surface area contributed by atoms with E-state index in [2.05, 4.69) is 15.3 Å². The highest BCUT2D eigenvalue weighted by Crippen LogP contribution is 2.34. The molecule has 5 nitrogen and oxygen atoms in total. The predicted molar refractivity (Wildman–Crippen MR) is 113 cm³/mol. The third-order valence-electron chi connectivity index (χ3n) is 5.56. The van der Waals surface area contributed by atoms with Gasteiger partial charge in [-0.3, -0.25) is 9.59 Å². The van der Waals surface area contributed by atoms with Crippen LogP contribution < -0.4 is 10.9 Å². The van der Waals surface area contributed by atoms with Gasteiger partial charge in [0, 0.05) is 23.1 Å². The lowest BCUT2D eigenvalue weighted by molar-refractivity contribution is -0.121. The molecule has 2 aliphatic carbocycles. The van der Waals surface area contributed by atoms with E-state index in [9.17, 15) is 9.59 Å². The molecular weight excluding hydrogens is 378 g/mol. The van der Waals surface area contributed by atoms with Crippen molar-refractivity contribution < 1.29 is 4.79 Å². The van der Waals surface area contributed by atoms with Crippen molar-refractivity contribution in [1.29, 1.82) is 0 Å². The Balaban J connectivity index is 1.27. The summed E-state index contributed by atoms with van der Waals surface area (Å²) in [5.74, 6) is 2.27.